The van der Waals surface area contributed by atoms with Crippen LogP contribution in [0.4, 0.5) is 4.79 Å². The molecule has 0 unspecified atom stereocenters. The van der Waals surface area contributed by atoms with Crippen molar-refractivity contribution in [1.29, 1.82) is 0 Å². The topological polar surface area (TPSA) is 87.1 Å². The second-order valence-corrected chi connectivity index (χ2v) is 5.23. The van der Waals surface area contributed by atoms with E-state index in [2.05, 4.69) is 0 Å². The SMILES string of the molecule is CC(C)(C)OC(=O)N1CCC[C@@]1(CO)C(=O)O. The van der Waals surface area contributed by atoms with Gasteiger partial charge in [0.1, 0.15) is 5.60 Å². The highest BCUT2D eigenvalue weighted by molar-refractivity contribution is 5.85. The van der Waals surface area contributed by atoms with Gasteiger partial charge in [-0.1, -0.05) is 0 Å². The Morgan fingerprint density at radius 3 is 2.41 bits per heavy atom. The third-order valence-electron chi connectivity index (χ3n) is 2.76. The van der Waals surface area contributed by atoms with Crippen LogP contribution in [0.1, 0.15) is 33.6 Å². The lowest BCUT2D eigenvalue weighted by atomic mass is 9.98. The van der Waals surface area contributed by atoms with Gasteiger partial charge in [-0.25, -0.2) is 9.59 Å². The van der Waals surface area contributed by atoms with Crippen molar-refractivity contribution >= 4 is 12.1 Å². The first-order valence-corrected chi connectivity index (χ1v) is 5.58. The van der Waals surface area contributed by atoms with Crippen LogP contribution < -0.4 is 0 Å². The third kappa shape index (κ3) is 2.69. The number of aliphatic hydroxyl groups excluding tert-OH is 1. The minimum absolute atomic E-state index is 0.248. The Bertz CT molecular complexity index is 322. The Labute approximate surface area is 100 Å². The Morgan fingerprint density at radius 2 is 2.00 bits per heavy atom. The van der Waals surface area contributed by atoms with E-state index in [1.54, 1.807) is 20.8 Å². The first-order valence-electron chi connectivity index (χ1n) is 5.58. The fourth-order valence-electron chi connectivity index (χ4n) is 1.92. The molecule has 0 radical (unpaired) electrons. The number of amides is 1. The molecule has 1 saturated heterocycles. The summed E-state index contributed by atoms with van der Waals surface area (Å²) in [6, 6.07) is 0. The molecule has 1 aliphatic rings. The van der Waals surface area contributed by atoms with Gasteiger partial charge in [0.25, 0.3) is 0 Å². The van der Waals surface area contributed by atoms with Crippen LogP contribution in [0.3, 0.4) is 0 Å². The van der Waals surface area contributed by atoms with Gasteiger partial charge in [-0.05, 0) is 33.6 Å². The molecule has 98 valence electrons. The van der Waals surface area contributed by atoms with E-state index in [4.69, 9.17) is 4.74 Å². The first kappa shape index (κ1) is 13.8. The summed E-state index contributed by atoms with van der Waals surface area (Å²) in [6.45, 7) is 4.83. The molecule has 2 N–H and O–H groups in total. The van der Waals surface area contributed by atoms with Crippen LogP contribution in [-0.4, -0.2) is 51.5 Å². The number of carboxylic acids is 1. The first-order chi connectivity index (χ1) is 7.73. The highest BCUT2D eigenvalue weighted by atomic mass is 16.6. The van der Waals surface area contributed by atoms with Gasteiger partial charge in [-0.15, -0.1) is 0 Å². The summed E-state index contributed by atoms with van der Waals surface area (Å²) >= 11 is 0. The van der Waals surface area contributed by atoms with Crippen LogP contribution in [0.25, 0.3) is 0 Å². The quantitative estimate of drug-likeness (QED) is 0.752. The van der Waals surface area contributed by atoms with Crippen LogP contribution >= 0.6 is 0 Å². The third-order valence-corrected chi connectivity index (χ3v) is 2.76. The summed E-state index contributed by atoms with van der Waals surface area (Å²) in [4.78, 5) is 24.2. The lowest BCUT2D eigenvalue weighted by molar-refractivity contribution is -0.152. The van der Waals surface area contributed by atoms with Crippen molar-refractivity contribution in [1.82, 2.24) is 4.90 Å². The molecule has 6 nitrogen and oxygen atoms in total. The molecule has 1 fully saturated rings. The summed E-state index contributed by atoms with van der Waals surface area (Å²) in [6.07, 6.45) is 0.107. The van der Waals surface area contributed by atoms with E-state index in [0.29, 0.717) is 13.0 Å². The smallest absolute Gasteiger partial charge is 0.411 e. The van der Waals surface area contributed by atoms with E-state index in [9.17, 15) is 19.8 Å². The van der Waals surface area contributed by atoms with Crippen LogP contribution in [0, 0.1) is 0 Å². The number of carboxylic acid groups (broad SMARTS) is 1. The molecule has 0 aromatic rings. The van der Waals surface area contributed by atoms with Crippen LogP contribution in [0.5, 0.6) is 0 Å². The molecule has 1 rings (SSSR count). The van der Waals surface area contributed by atoms with Gasteiger partial charge < -0.3 is 14.9 Å². The average molecular weight is 245 g/mol. The maximum Gasteiger partial charge on any atom is 0.411 e. The molecule has 0 aromatic heterocycles. The number of carbonyl (C=O) groups is 2. The summed E-state index contributed by atoms with van der Waals surface area (Å²) < 4.78 is 5.14. The summed E-state index contributed by atoms with van der Waals surface area (Å²) in [5.41, 5.74) is -2.21. The zero-order valence-electron chi connectivity index (χ0n) is 10.4. The van der Waals surface area contributed by atoms with Gasteiger partial charge in [0.2, 0.25) is 0 Å². The molecule has 1 heterocycles. The minimum Gasteiger partial charge on any atom is -0.479 e. The highest BCUT2D eigenvalue weighted by Gasteiger charge is 2.51. The van der Waals surface area contributed by atoms with Crippen LogP contribution in [0.15, 0.2) is 0 Å². The van der Waals surface area contributed by atoms with E-state index >= 15 is 0 Å². The molecule has 17 heavy (non-hydrogen) atoms. The lowest BCUT2D eigenvalue weighted by Crippen LogP contribution is -2.56. The van der Waals surface area contributed by atoms with Crippen molar-refractivity contribution in [3.63, 3.8) is 0 Å². The van der Waals surface area contributed by atoms with Crippen LogP contribution in [0.2, 0.25) is 0 Å². The van der Waals surface area contributed by atoms with Crippen molar-refractivity contribution in [2.45, 2.75) is 44.8 Å². The van der Waals surface area contributed by atoms with Crippen molar-refractivity contribution < 1.29 is 24.5 Å². The van der Waals surface area contributed by atoms with Crippen molar-refractivity contribution in [3.8, 4) is 0 Å². The summed E-state index contributed by atoms with van der Waals surface area (Å²) in [5, 5.41) is 18.4. The lowest BCUT2D eigenvalue weighted by Gasteiger charge is -2.34. The fraction of sp³-hybridized carbons (Fsp3) is 0.818. The largest absolute Gasteiger partial charge is 0.479 e. The Kier molecular flexibility index (Phi) is 3.66. The van der Waals surface area contributed by atoms with E-state index in [1.807, 2.05) is 0 Å². The molecule has 0 saturated carbocycles. The predicted octanol–water partition coefficient (Wildman–Crippen LogP) is 0.833. The highest BCUT2D eigenvalue weighted by Crippen LogP contribution is 2.30. The molecule has 0 bridgehead atoms. The number of ether oxygens (including phenoxy) is 1. The van der Waals surface area contributed by atoms with Gasteiger partial charge >= 0.3 is 12.1 Å². The Morgan fingerprint density at radius 1 is 1.41 bits per heavy atom. The number of nitrogens with zero attached hydrogens (tertiary/aromatic N) is 1. The zero-order valence-corrected chi connectivity index (χ0v) is 10.4. The predicted molar refractivity (Wildman–Crippen MR) is 59.6 cm³/mol. The number of hydrogen-bond donors (Lipinski definition) is 2. The second kappa shape index (κ2) is 4.52. The van der Waals surface area contributed by atoms with Gasteiger partial charge in [-0.2, -0.15) is 0 Å². The standard InChI is InChI=1S/C11H19NO5/c1-10(2,3)17-9(16)12-6-4-5-11(12,7-13)8(14)15/h13H,4-7H2,1-3H3,(H,14,15)/t11-/m1/s1. The molecule has 1 amide bonds. The summed E-state index contributed by atoms with van der Waals surface area (Å²) in [5.74, 6) is -1.19. The van der Waals surface area contributed by atoms with Crippen molar-refractivity contribution in [3.05, 3.63) is 0 Å². The van der Waals surface area contributed by atoms with Gasteiger partial charge in [0.05, 0.1) is 6.61 Å². The second-order valence-electron chi connectivity index (χ2n) is 5.23. The van der Waals surface area contributed by atoms with Crippen LogP contribution in [-0.2, 0) is 9.53 Å². The van der Waals surface area contributed by atoms with Crippen molar-refractivity contribution in [2.75, 3.05) is 13.2 Å². The van der Waals surface area contributed by atoms with E-state index in [-0.39, 0.29) is 6.42 Å². The van der Waals surface area contributed by atoms with Gasteiger partial charge in [0, 0.05) is 6.54 Å². The van der Waals surface area contributed by atoms with Gasteiger partial charge in [0.15, 0.2) is 5.54 Å². The monoisotopic (exact) mass is 245 g/mol. The molecule has 6 heteroatoms. The Hall–Kier alpha value is -1.30. The maximum atomic E-state index is 11.9. The average Bonchev–Trinajstić information content (AvgIpc) is 2.59. The fourth-order valence-corrected chi connectivity index (χ4v) is 1.92. The molecular weight excluding hydrogens is 226 g/mol. The molecular formula is C11H19NO5. The number of hydrogen-bond acceptors (Lipinski definition) is 4. The summed E-state index contributed by atoms with van der Waals surface area (Å²) in [7, 11) is 0. The number of rotatable bonds is 2. The molecule has 0 aliphatic carbocycles. The number of aliphatic hydroxyl groups is 1. The normalized spacial score (nSPS) is 24.8. The molecule has 1 atom stereocenters. The van der Waals surface area contributed by atoms with Gasteiger partial charge in [-0.3, -0.25) is 4.90 Å². The molecule has 0 spiro atoms. The minimum atomic E-state index is -1.53. The molecule has 1 aliphatic heterocycles. The van der Waals surface area contributed by atoms with Crippen molar-refractivity contribution in [2.24, 2.45) is 0 Å². The Balaban J connectivity index is 2.89. The number of aliphatic carboxylic acids is 1. The molecule has 0 aromatic carbocycles. The van der Waals surface area contributed by atoms with E-state index in [0.717, 1.165) is 4.90 Å². The number of carbonyl (C=O) groups excluding carboxylic acids is 1. The maximum absolute atomic E-state index is 11.9. The number of likely N-dealkylation sites (tertiary alicyclic amines) is 1. The zero-order chi connectivity index (χ0) is 13.3. The van der Waals surface area contributed by atoms with E-state index < -0.39 is 29.8 Å². The van der Waals surface area contributed by atoms with E-state index in [1.165, 1.54) is 0 Å².